The smallest absolute Gasteiger partial charge is 0.310 e. The molecule has 1 aliphatic heterocycles. The van der Waals surface area contributed by atoms with Gasteiger partial charge < -0.3 is 9.64 Å². The monoisotopic (exact) mass is 397 g/mol. The van der Waals surface area contributed by atoms with E-state index in [0.29, 0.717) is 32.7 Å². The standard InChI is InChI=1S/C23H31N3O3/c1-4-19-21(20(5-2)26(24-19)15-17-11-8-7-9-12-17)22(27)25-14-10-13-18(16-25)23(28)29-6-3/h7-9,11-12,18H,4-6,10,13-16H2,1-3H3. The molecule has 0 saturated carbocycles. The van der Waals surface area contributed by atoms with E-state index >= 15 is 0 Å². The third kappa shape index (κ3) is 4.69. The van der Waals surface area contributed by atoms with Crippen LogP contribution < -0.4 is 0 Å². The second-order valence-corrected chi connectivity index (χ2v) is 7.46. The third-order valence-corrected chi connectivity index (χ3v) is 5.52. The highest BCUT2D eigenvalue weighted by Crippen LogP contribution is 2.24. The van der Waals surface area contributed by atoms with E-state index in [0.717, 1.165) is 41.8 Å². The Morgan fingerprint density at radius 1 is 1.14 bits per heavy atom. The number of aryl methyl sites for hydroxylation is 1. The highest BCUT2D eigenvalue weighted by molar-refractivity contribution is 5.97. The Labute approximate surface area is 172 Å². The van der Waals surface area contributed by atoms with Gasteiger partial charge in [0.1, 0.15) is 0 Å². The summed E-state index contributed by atoms with van der Waals surface area (Å²) in [5, 5.41) is 4.77. The molecule has 1 atom stereocenters. The third-order valence-electron chi connectivity index (χ3n) is 5.52. The molecule has 0 bridgehead atoms. The second kappa shape index (κ2) is 9.72. The van der Waals surface area contributed by atoms with Gasteiger partial charge in [-0.2, -0.15) is 5.10 Å². The number of rotatable bonds is 7. The van der Waals surface area contributed by atoms with Crippen LogP contribution >= 0.6 is 0 Å². The van der Waals surface area contributed by atoms with Crippen molar-refractivity contribution in [3.8, 4) is 0 Å². The number of hydrogen-bond donors (Lipinski definition) is 0. The zero-order valence-corrected chi connectivity index (χ0v) is 17.7. The highest BCUT2D eigenvalue weighted by Gasteiger charge is 2.32. The zero-order chi connectivity index (χ0) is 20.8. The summed E-state index contributed by atoms with van der Waals surface area (Å²) in [4.78, 5) is 27.5. The molecule has 6 heteroatoms. The molecule has 2 heterocycles. The van der Waals surface area contributed by atoms with Gasteiger partial charge in [-0.05, 0) is 38.2 Å². The first-order valence-corrected chi connectivity index (χ1v) is 10.7. The SMILES string of the molecule is CCOC(=O)C1CCCN(C(=O)c2c(CC)nn(Cc3ccccc3)c2CC)C1. The molecule has 2 aromatic rings. The predicted octanol–water partition coefficient (Wildman–Crippen LogP) is 3.47. The Kier molecular flexibility index (Phi) is 7.07. The molecule has 1 unspecified atom stereocenters. The van der Waals surface area contributed by atoms with E-state index in [4.69, 9.17) is 9.84 Å². The van der Waals surface area contributed by atoms with Crippen molar-refractivity contribution in [1.82, 2.24) is 14.7 Å². The van der Waals surface area contributed by atoms with Gasteiger partial charge in [0, 0.05) is 13.1 Å². The van der Waals surface area contributed by atoms with Gasteiger partial charge in [0.05, 0.1) is 36.0 Å². The fourth-order valence-corrected chi connectivity index (χ4v) is 4.06. The van der Waals surface area contributed by atoms with Crippen molar-refractivity contribution in [3.63, 3.8) is 0 Å². The predicted molar refractivity (Wildman–Crippen MR) is 112 cm³/mol. The van der Waals surface area contributed by atoms with Crippen molar-refractivity contribution < 1.29 is 14.3 Å². The van der Waals surface area contributed by atoms with Crippen molar-refractivity contribution in [3.05, 3.63) is 52.8 Å². The number of amides is 1. The second-order valence-electron chi connectivity index (χ2n) is 7.46. The molecule has 1 amide bonds. The number of likely N-dealkylation sites (tertiary alicyclic amines) is 1. The minimum Gasteiger partial charge on any atom is -0.466 e. The molecule has 29 heavy (non-hydrogen) atoms. The van der Waals surface area contributed by atoms with E-state index in [1.807, 2.05) is 41.6 Å². The van der Waals surface area contributed by atoms with Crippen LogP contribution in [0.2, 0.25) is 0 Å². The Balaban J connectivity index is 1.86. The van der Waals surface area contributed by atoms with Crippen LogP contribution in [-0.4, -0.2) is 46.3 Å². The lowest BCUT2D eigenvalue weighted by atomic mass is 9.97. The van der Waals surface area contributed by atoms with Crippen molar-refractivity contribution in [1.29, 1.82) is 0 Å². The Bertz CT molecular complexity index is 845. The lowest BCUT2D eigenvalue weighted by molar-refractivity contribution is -0.149. The summed E-state index contributed by atoms with van der Waals surface area (Å²) in [6, 6.07) is 10.2. The number of aromatic nitrogens is 2. The van der Waals surface area contributed by atoms with E-state index < -0.39 is 0 Å². The van der Waals surface area contributed by atoms with Gasteiger partial charge in [0.2, 0.25) is 0 Å². The van der Waals surface area contributed by atoms with Gasteiger partial charge >= 0.3 is 5.97 Å². The van der Waals surface area contributed by atoms with Crippen LogP contribution in [-0.2, 0) is 28.9 Å². The molecule has 0 radical (unpaired) electrons. The molecule has 6 nitrogen and oxygen atoms in total. The first-order chi connectivity index (χ1) is 14.1. The minimum atomic E-state index is -0.234. The van der Waals surface area contributed by atoms with E-state index in [2.05, 4.69) is 19.1 Å². The lowest BCUT2D eigenvalue weighted by Crippen LogP contribution is -2.43. The van der Waals surface area contributed by atoms with Gasteiger partial charge in [-0.3, -0.25) is 14.3 Å². The average molecular weight is 398 g/mol. The molecule has 0 aliphatic carbocycles. The summed E-state index contributed by atoms with van der Waals surface area (Å²) >= 11 is 0. The molecule has 156 valence electrons. The Hall–Kier alpha value is -2.63. The lowest BCUT2D eigenvalue weighted by Gasteiger charge is -2.31. The van der Waals surface area contributed by atoms with E-state index in [9.17, 15) is 9.59 Å². The molecule has 1 fully saturated rings. The van der Waals surface area contributed by atoms with Crippen molar-refractivity contribution in [2.45, 2.75) is 53.0 Å². The summed E-state index contributed by atoms with van der Waals surface area (Å²) < 4.78 is 7.15. The van der Waals surface area contributed by atoms with Gasteiger partial charge in [-0.15, -0.1) is 0 Å². The van der Waals surface area contributed by atoms with Crippen LogP contribution in [0.1, 0.15) is 60.9 Å². The molecule has 0 N–H and O–H groups in total. The molecule has 1 saturated heterocycles. The van der Waals surface area contributed by atoms with E-state index in [1.54, 1.807) is 0 Å². The van der Waals surface area contributed by atoms with Gasteiger partial charge in [0.25, 0.3) is 5.91 Å². The summed E-state index contributed by atoms with van der Waals surface area (Å²) in [6.45, 7) is 8.02. The number of benzene rings is 1. The maximum Gasteiger partial charge on any atom is 0.310 e. The average Bonchev–Trinajstić information content (AvgIpc) is 3.11. The summed E-state index contributed by atoms with van der Waals surface area (Å²) in [5.74, 6) is -0.439. The number of piperidine rings is 1. The maximum absolute atomic E-state index is 13.5. The van der Waals surface area contributed by atoms with Crippen LogP contribution in [0.5, 0.6) is 0 Å². The number of ether oxygens (including phenoxy) is 1. The van der Waals surface area contributed by atoms with E-state index in [1.165, 1.54) is 0 Å². The molecule has 1 aromatic heterocycles. The summed E-state index contributed by atoms with van der Waals surface area (Å²) in [5.41, 5.74) is 3.68. The number of esters is 1. The zero-order valence-electron chi connectivity index (χ0n) is 17.7. The van der Waals surface area contributed by atoms with E-state index in [-0.39, 0.29) is 17.8 Å². The van der Waals surface area contributed by atoms with Crippen molar-refractivity contribution in [2.75, 3.05) is 19.7 Å². The van der Waals surface area contributed by atoms with Crippen LogP contribution in [0.15, 0.2) is 30.3 Å². The number of carbonyl (C=O) groups is 2. The molecular weight excluding hydrogens is 366 g/mol. The Morgan fingerprint density at radius 2 is 1.90 bits per heavy atom. The summed E-state index contributed by atoms with van der Waals surface area (Å²) in [7, 11) is 0. The highest BCUT2D eigenvalue weighted by atomic mass is 16.5. The van der Waals surface area contributed by atoms with Crippen LogP contribution in [0.3, 0.4) is 0 Å². The first kappa shape index (κ1) is 21.1. The number of carbonyl (C=O) groups excluding carboxylic acids is 2. The Morgan fingerprint density at radius 3 is 2.55 bits per heavy atom. The van der Waals surface area contributed by atoms with Crippen LogP contribution in [0, 0.1) is 5.92 Å². The fraction of sp³-hybridized carbons (Fsp3) is 0.522. The first-order valence-electron chi connectivity index (χ1n) is 10.7. The minimum absolute atomic E-state index is 0.00740. The van der Waals surface area contributed by atoms with Gasteiger partial charge in [-0.25, -0.2) is 0 Å². The van der Waals surface area contributed by atoms with Crippen LogP contribution in [0.4, 0.5) is 0 Å². The largest absolute Gasteiger partial charge is 0.466 e. The molecule has 1 aliphatic rings. The molecule has 1 aromatic carbocycles. The fourth-order valence-electron chi connectivity index (χ4n) is 4.06. The van der Waals surface area contributed by atoms with Crippen LogP contribution in [0.25, 0.3) is 0 Å². The topological polar surface area (TPSA) is 64.4 Å². The number of hydrogen-bond acceptors (Lipinski definition) is 4. The molecular formula is C23H31N3O3. The molecule has 3 rings (SSSR count). The molecule has 0 spiro atoms. The normalized spacial score (nSPS) is 16.7. The number of nitrogens with zero attached hydrogens (tertiary/aromatic N) is 3. The van der Waals surface area contributed by atoms with Crippen molar-refractivity contribution >= 4 is 11.9 Å². The van der Waals surface area contributed by atoms with Gasteiger partial charge in [0.15, 0.2) is 0 Å². The van der Waals surface area contributed by atoms with Crippen molar-refractivity contribution in [2.24, 2.45) is 5.92 Å². The van der Waals surface area contributed by atoms with Gasteiger partial charge in [-0.1, -0.05) is 44.2 Å². The maximum atomic E-state index is 13.5. The summed E-state index contributed by atoms with van der Waals surface area (Å²) in [6.07, 6.45) is 3.02. The quantitative estimate of drug-likeness (QED) is 0.671.